The van der Waals surface area contributed by atoms with E-state index in [2.05, 4.69) is 10.6 Å². The minimum absolute atomic E-state index is 0.128. The summed E-state index contributed by atoms with van der Waals surface area (Å²) in [4.78, 5) is 23.7. The monoisotopic (exact) mass is 346 g/mol. The second-order valence-electron chi connectivity index (χ2n) is 7.87. The summed E-state index contributed by atoms with van der Waals surface area (Å²) >= 11 is 0. The van der Waals surface area contributed by atoms with Crippen molar-refractivity contribution in [2.45, 2.75) is 57.9 Å². The van der Waals surface area contributed by atoms with Crippen molar-refractivity contribution in [1.82, 2.24) is 10.6 Å². The number of hydrogen-bond donors (Lipinski definition) is 2. The predicted molar refractivity (Wildman–Crippen MR) is 92.9 cm³/mol. The van der Waals surface area contributed by atoms with E-state index < -0.39 is 5.60 Å². The maximum Gasteiger partial charge on any atom is 0.407 e. The molecule has 2 unspecified atom stereocenters. The fraction of sp³-hybridized carbons (Fsp3) is 0.579. The van der Waals surface area contributed by atoms with Gasteiger partial charge in [0.05, 0.1) is 0 Å². The van der Waals surface area contributed by atoms with Gasteiger partial charge in [-0.1, -0.05) is 30.3 Å². The van der Waals surface area contributed by atoms with Crippen LogP contribution in [0.3, 0.4) is 0 Å². The Kier molecular flexibility index (Phi) is 4.88. The molecule has 0 aromatic heterocycles. The maximum absolute atomic E-state index is 11.9. The van der Waals surface area contributed by atoms with Crippen LogP contribution >= 0.6 is 0 Å². The lowest BCUT2D eigenvalue weighted by Gasteiger charge is -2.22. The molecule has 0 spiro atoms. The molecule has 2 saturated carbocycles. The number of rotatable bonds is 4. The van der Waals surface area contributed by atoms with Gasteiger partial charge in [0, 0.05) is 12.1 Å². The Bertz CT molecular complexity index is 614. The minimum Gasteiger partial charge on any atom is -0.445 e. The van der Waals surface area contributed by atoms with E-state index in [1.54, 1.807) is 0 Å². The molecular formula is C19H26N2O4. The van der Waals surface area contributed by atoms with Crippen LogP contribution in [0, 0.1) is 11.8 Å². The fourth-order valence-corrected chi connectivity index (χ4v) is 3.55. The molecule has 0 aliphatic heterocycles. The van der Waals surface area contributed by atoms with Crippen LogP contribution in [0.5, 0.6) is 0 Å². The van der Waals surface area contributed by atoms with Crippen molar-refractivity contribution in [3.05, 3.63) is 35.9 Å². The van der Waals surface area contributed by atoms with Crippen molar-refractivity contribution in [3.63, 3.8) is 0 Å². The van der Waals surface area contributed by atoms with E-state index in [-0.39, 0.29) is 30.9 Å². The average molecular weight is 346 g/mol. The van der Waals surface area contributed by atoms with Gasteiger partial charge in [-0.2, -0.15) is 0 Å². The number of carbonyl (C=O) groups excluding carboxylic acids is 2. The van der Waals surface area contributed by atoms with E-state index in [1.807, 2.05) is 51.1 Å². The molecule has 6 heteroatoms. The van der Waals surface area contributed by atoms with Crippen molar-refractivity contribution in [1.29, 1.82) is 0 Å². The van der Waals surface area contributed by atoms with E-state index in [0.717, 1.165) is 18.4 Å². The number of amides is 2. The SMILES string of the molecule is CC(C)(C)OC(=O)NC1CC2C(C1)C2NC(=O)OCc1ccccc1. The highest BCUT2D eigenvalue weighted by molar-refractivity contribution is 5.69. The molecule has 2 aliphatic rings. The van der Waals surface area contributed by atoms with Crippen LogP contribution in [0.4, 0.5) is 9.59 Å². The molecule has 2 amide bonds. The lowest BCUT2D eigenvalue weighted by Crippen LogP contribution is -2.40. The molecule has 2 atom stereocenters. The quantitative estimate of drug-likeness (QED) is 0.878. The molecule has 25 heavy (non-hydrogen) atoms. The van der Waals surface area contributed by atoms with Gasteiger partial charge in [-0.3, -0.25) is 0 Å². The number of alkyl carbamates (subject to hydrolysis) is 2. The first-order chi connectivity index (χ1) is 11.8. The molecule has 6 nitrogen and oxygen atoms in total. The van der Waals surface area contributed by atoms with E-state index in [1.165, 1.54) is 0 Å². The average Bonchev–Trinajstić information content (AvgIpc) is 2.96. The number of ether oxygens (including phenoxy) is 2. The molecule has 0 heterocycles. The summed E-state index contributed by atoms with van der Waals surface area (Å²) in [5, 5.41) is 5.84. The first-order valence-corrected chi connectivity index (χ1v) is 8.78. The van der Waals surface area contributed by atoms with Gasteiger partial charge in [0.2, 0.25) is 0 Å². The van der Waals surface area contributed by atoms with E-state index in [0.29, 0.717) is 11.8 Å². The van der Waals surface area contributed by atoms with Crippen molar-refractivity contribution in [3.8, 4) is 0 Å². The molecule has 2 N–H and O–H groups in total. The van der Waals surface area contributed by atoms with Gasteiger partial charge < -0.3 is 20.1 Å². The summed E-state index contributed by atoms with van der Waals surface area (Å²) in [6.45, 7) is 5.82. The molecule has 2 fully saturated rings. The Morgan fingerprint density at radius 2 is 1.68 bits per heavy atom. The molecule has 0 saturated heterocycles. The third-order valence-corrected chi connectivity index (χ3v) is 4.66. The van der Waals surface area contributed by atoms with Crippen LogP contribution in [0.1, 0.15) is 39.2 Å². The Labute approximate surface area is 148 Å². The Morgan fingerprint density at radius 3 is 2.28 bits per heavy atom. The lowest BCUT2D eigenvalue weighted by atomic mass is 10.1. The zero-order chi connectivity index (χ0) is 18.0. The van der Waals surface area contributed by atoms with Crippen molar-refractivity contribution in [2.75, 3.05) is 0 Å². The summed E-state index contributed by atoms with van der Waals surface area (Å²) in [6, 6.07) is 9.90. The first kappa shape index (κ1) is 17.6. The van der Waals surface area contributed by atoms with Crippen LogP contribution in [0.2, 0.25) is 0 Å². The molecule has 2 aliphatic carbocycles. The predicted octanol–water partition coefficient (Wildman–Crippen LogP) is 3.21. The second-order valence-corrected chi connectivity index (χ2v) is 7.87. The largest absolute Gasteiger partial charge is 0.445 e. The standard InChI is InChI=1S/C19H26N2O4/c1-19(2,3)25-18(23)20-13-9-14-15(10-13)16(14)21-17(22)24-11-12-7-5-4-6-8-12/h4-8,13-16H,9-11H2,1-3H3,(H,20,23)(H,21,22). The first-order valence-electron chi connectivity index (χ1n) is 8.78. The van der Waals surface area contributed by atoms with Crippen LogP contribution in [0.15, 0.2) is 30.3 Å². The normalized spacial score (nSPS) is 27.2. The topological polar surface area (TPSA) is 76.7 Å². The number of nitrogens with one attached hydrogen (secondary N) is 2. The van der Waals surface area contributed by atoms with Gasteiger partial charge in [-0.05, 0) is 51.0 Å². The van der Waals surface area contributed by atoms with Crippen LogP contribution in [0.25, 0.3) is 0 Å². The Morgan fingerprint density at radius 1 is 1.04 bits per heavy atom. The summed E-state index contributed by atoms with van der Waals surface area (Å²) in [5.41, 5.74) is 0.480. The smallest absolute Gasteiger partial charge is 0.407 e. The molecular weight excluding hydrogens is 320 g/mol. The zero-order valence-electron chi connectivity index (χ0n) is 15.0. The number of carbonyl (C=O) groups is 2. The van der Waals surface area contributed by atoms with Gasteiger partial charge in [0.25, 0.3) is 0 Å². The molecule has 0 radical (unpaired) electrons. The highest BCUT2D eigenvalue weighted by Crippen LogP contribution is 2.52. The van der Waals surface area contributed by atoms with Crippen LogP contribution in [-0.4, -0.2) is 29.9 Å². The molecule has 136 valence electrons. The van der Waals surface area contributed by atoms with Gasteiger partial charge in [0.1, 0.15) is 12.2 Å². The number of hydrogen-bond acceptors (Lipinski definition) is 4. The van der Waals surface area contributed by atoms with Gasteiger partial charge >= 0.3 is 12.2 Å². The van der Waals surface area contributed by atoms with Crippen molar-refractivity contribution >= 4 is 12.2 Å². The Hall–Kier alpha value is -2.24. The third kappa shape index (κ3) is 4.87. The highest BCUT2D eigenvalue weighted by Gasteiger charge is 2.57. The molecule has 3 rings (SSSR count). The van der Waals surface area contributed by atoms with Crippen molar-refractivity contribution < 1.29 is 19.1 Å². The molecule has 1 aromatic rings. The van der Waals surface area contributed by atoms with Gasteiger partial charge in [0.15, 0.2) is 0 Å². The van der Waals surface area contributed by atoms with Crippen LogP contribution in [-0.2, 0) is 16.1 Å². The van der Waals surface area contributed by atoms with E-state index in [4.69, 9.17) is 9.47 Å². The molecule has 0 bridgehead atoms. The third-order valence-electron chi connectivity index (χ3n) is 4.66. The molecule has 1 aromatic carbocycles. The van der Waals surface area contributed by atoms with Gasteiger partial charge in [-0.25, -0.2) is 9.59 Å². The maximum atomic E-state index is 11.9. The minimum atomic E-state index is -0.488. The van der Waals surface area contributed by atoms with Crippen molar-refractivity contribution in [2.24, 2.45) is 11.8 Å². The summed E-state index contributed by atoms with van der Waals surface area (Å²) in [5.74, 6) is 0.841. The number of benzene rings is 1. The Balaban J connectivity index is 1.34. The van der Waals surface area contributed by atoms with E-state index >= 15 is 0 Å². The summed E-state index contributed by atoms with van der Waals surface area (Å²) in [6.07, 6.45) is 0.992. The zero-order valence-corrected chi connectivity index (χ0v) is 15.0. The summed E-state index contributed by atoms with van der Waals surface area (Å²) in [7, 11) is 0. The van der Waals surface area contributed by atoms with Gasteiger partial charge in [-0.15, -0.1) is 0 Å². The fourth-order valence-electron chi connectivity index (χ4n) is 3.55. The lowest BCUT2D eigenvalue weighted by molar-refractivity contribution is 0.0501. The van der Waals surface area contributed by atoms with E-state index in [9.17, 15) is 9.59 Å². The second kappa shape index (κ2) is 6.94. The number of fused-ring (bicyclic) bond motifs is 1. The van der Waals surface area contributed by atoms with Crippen LogP contribution < -0.4 is 10.6 Å². The summed E-state index contributed by atoms with van der Waals surface area (Å²) < 4.78 is 10.5. The highest BCUT2D eigenvalue weighted by atomic mass is 16.6.